The first-order chi connectivity index (χ1) is 7.46. The number of carbonyl (C=O) groups excluding carboxylic acids is 1. The molecule has 1 rings (SSSR count). The van der Waals surface area contributed by atoms with Crippen LogP contribution in [0.4, 0.5) is 13.2 Å². The van der Waals surface area contributed by atoms with Crippen LogP contribution < -0.4 is 4.74 Å². The molecule has 6 heteroatoms. The Bertz CT molecular complexity index is 435. The first-order valence-corrected chi connectivity index (χ1v) is 4.17. The molecule has 0 spiro atoms. The van der Waals surface area contributed by atoms with Gasteiger partial charge in [0, 0.05) is 11.1 Å². The highest BCUT2D eigenvalue weighted by Crippen LogP contribution is 2.27. The van der Waals surface area contributed by atoms with Crippen LogP contribution >= 0.6 is 0 Å². The van der Waals surface area contributed by atoms with E-state index < -0.39 is 12.1 Å². The lowest BCUT2D eigenvalue weighted by Crippen LogP contribution is -2.18. The fourth-order valence-corrected chi connectivity index (χ4v) is 1.10. The van der Waals surface area contributed by atoms with Crippen molar-refractivity contribution in [2.75, 3.05) is 0 Å². The Kier molecular flexibility index (Phi) is 3.51. The molecule has 84 valence electrons. The fraction of sp³-hybridized carbons (Fsp3) is 0.200. The van der Waals surface area contributed by atoms with E-state index in [1.165, 1.54) is 12.1 Å². The lowest BCUT2D eigenvalue weighted by Gasteiger charge is -2.12. The number of aldehydes is 1. The van der Waals surface area contributed by atoms with E-state index in [2.05, 4.69) is 4.74 Å². The third-order valence-corrected chi connectivity index (χ3v) is 1.72. The zero-order chi connectivity index (χ0) is 12.2. The minimum absolute atomic E-state index is 0.0564. The molecule has 3 nitrogen and oxygen atoms in total. The van der Waals surface area contributed by atoms with Crippen LogP contribution in [0.2, 0.25) is 0 Å². The smallest absolute Gasteiger partial charge is 0.405 e. The molecule has 1 aromatic rings. The van der Waals surface area contributed by atoms with Gasteiger partial charge in [-0.05, 0) is 6.07 Å². The van der Waals surface area contributed by atoms with E-state index in [-0.39, 0.29) is 17.5 Å². The van der Waals surface area contributed by atoms with Crippen molar-refractivity contribution >= 4 is 6.29 Å². The maximum Gasteiger partial charge on any atom is 0.573 e. The maximum atomic E-state index is 12.0. The van der Waals surface area contributed by atoms with Crippen molar-refractivity contribution in [2.24, 2.45) is 0 Å². The van der Waals surface area contributed by atoms with Crippen molar-refractivity contribution in [3.8, 4) is 11.8 Å². The number of benzene rings is 1. The highest BCUT2D eigenvalue weighted by atomic mass is 19.4. The molecule has 0 N–H and O–H groups in total. The number of hydrogen-bond acceptors (Lipinski definition) is 3. The summed E-state index contributed by atoms with van der Waals surface area (Å²) in [6.45, 7) is 0. The number of nitriles is 1. The SMILES string of the molecule is N#CCc1ccc(C=O)cc1OC(F)(F)F. The predicted molar refractivity (Wildman–Crippen MR) is 47.8 cm³/mol. The molecule has 0 unspecified atom stereocenters. The maximum absolute atomic E-state index is 12.0. The lowest BCUT2D eigenvalue weighted by atomic mass is 10.1. The van der Waals surface area contributed by atoms with Crippen LogP contribution in [0.5, 0.6) is 5.75 Å². The molecule has 1 aromatic carbocycles. The molecule has 0 aliphatic carbocycles. The molecule has 0 aromatic heterocycles. The van der Waals surface area contributed by atoms with Crippen molar-refractivity contribution in [1.82, 2.24) is 0 Å². The number of alkyl halides is 3. The molecule has 0 fully saturated rings. The number of carbonyl (C=O) groups is 1. The third-order valence-electron chi connectivity index (χ3n) is 1.72. The number of halogens is 3. The molecule has 0 aliphatic heterocycles. The number of nitrogens with zero attached hydrogens (tertiary/aromatic N) is 1. The Morgan fingerprint density at radius 3 is 2.62 bits per heavy atom. The Hall–Kier alpha value is -2.03. The molecular formula is C10H6F3NO2. The summed E-state index contributed by atoms with van der Waals surface area (Å²) < 4.78 is 39.7. The average molecular weight is 229 g/mol. The second-order valence-corrected chi connectivity index (χ2v) is 2.87. The molecule has 0 aliphatic rings. The monoisotopic (exact) mass is 229 g/mol. The van der Waals surface area contributed by atoms with Gasteiger partial charge in [0.05, 0.1) is 12.5 Å². The van der Waals surface area contributed by atoms with Gasteiger partial charge in [0.15, 0.2) is 0 Å². The predicted octanol–water partition coefficient (Wildman–Crippen LogP) is 2.46. The van der Waals surface area contributed by atoms with Crippen LogP contribution in [0, 0.1) is 11.3 Å². The zero-order valence-electron chi connectivity index (χ0n) is 7.91. The summed E-state index contributed by atoms with van der Waals surface area (Å²) in [5, 5.41) is 8.41. The van der Waals surface area contributed by atoms with Crippen LogP contribution in [0.3, 0.4) is 0 Å². The van der Waals surface area contributed by atoms with Gasteiger partial charge in [-0.1, -0.05) is 12.1 Å². The zero-order valence-corrected chi connectivity index (χ0v) is 7.91. The average Bonchev–Trinajstić information content (AvgIpc) is 2.18. The molecule has 0 atom stereocenters. The van der Waals surface area contributed by atoms with Crippen LogP contribution in [-0.2, 0) is 6.42 Å². The van der Waals surface area contributed by atoms with E-state index in [9.17, 15) is 18.0 Å². The largest absolute Gasteiger partial charge is 0.573 e. The van der Waals surface area contributed by atoms with Gasteiger partial charge >= 0.3 is 6.36 Å². The Balaban J connectivity index is 3.10. The number of rotatable bonds is 3. The summed E-state index contributed by atoms with van der Waals surface area (Å²) in [5.74, 6) is -0.515. The molecule has 16 heavy (non-hydrogen) atoms. The van der Waals surface area contributed by atoms with Crippen molar-refractivity contribution in [2.45, 2.75) is 12.8 Å². The Morgan fingerprint density at radius 2 is 2.12 bits per heavy atom. The molecule has 0 bridgehead atoms. The van der Waals surface area contributed by atoms with Crippen LogP contribution in [0.15, 0.2) is 18.2 Å². The van der Waals surface area contributed by atoms with Gasteiger partial charge in [-0.3, -0.25) is 4.79 Å². The molecule has 0 saturated carbocycles. The van der Waals surface area contributed by atoms with E-state index in [1.54, 1.807) is 6.07 Å². The van der Waals surface area contributed by atoms with Gasteiger partial charge < -0.3 is 4.74 Å². The standard InChI is InChI=1S/C10H6F3NO2/c11-10(12,13)16-9-5-7(6-15)1-2-8(9)3-4-14/h1-2,5-6H,3H2. The summed E-state index contributed by atoms with van der Waals surface area (Å²) in [4.78, 5) is 10.4. The van der Waals surface area contributed by atoms with E-state index in [0.717, 1.165) is 6.07 Å². The minimum Gasteiger partial charge on any atom is -0.405 e. The van der Waals surface area contributed by atoms with Gasteiger partial charge in [-0.15, -0.1) is 13.2 Å². The van der Waals surface area contributed by atoms with Crippen molar-refractivity contribution < 1.29 is 22.7 Å². The van der Waals surface area contributed by atoms with Crippen molar-refractivity contribution in [3.05, 3.63) is 29.3 Å². The van der Waals surface area contributed by atoms with E-state index in [1.807, 2.05) is 0 Å². The van der Waals surface area contributed by atoms with Crippen LogP contribution in [-0.4, -0.2) is 12.6 Å². The van der Waals surface area contributed by atoms with Gasteiger partial charge in [-0.2, -0.15) is 5.26 Å². The summed E-state index contributed by atoms with van der Waals surface area (Å²) in [6.07, 6.45) is -4.66. The summed E-state index contributed by atoms with van der Waals surface area (Å²) >= 11 is 0. The van der Waals surface area contributed by atoms with E-state index in [4.69, 9.17) is 5.26 Å². The van der Waals surface area contributed by atoms with Gasteiger partial charge in [0.25, 0.3) is 0 Å². The third kappa shape index (κ3) is 3.28. The Morgan fingerprint density at radius 1 is 1.44 bits per heavy atom. The van der Waals surface area contributed by atoms with E-state index >= 15 is 0 Å². The summed E-state index contributed by atoms with van der Waals surface area (Å²) in [5.41, 5.74) is 0.145. The number of ether oxygens (including phenoxy) is 1. The first kappa shape index (κ1) is 12.0. The summed E-state index contributed by atoms with van der Waals surface area (Å²) in [6, 6.07) is 5.24. The molecule has 0 radical (unpaired) electrons. The van der Waals surface area contributed by atoms with Crippen LogP contribution in [0.1, 0.15) is 15.9 Å². The second-order valence-electron chi connectivity index (χ2n) is 2.87. The first-order valence-electron chi connectivity index (χ1n) is 4.17. The quantitative estimate of drug-likeness (QED) is 0.748. The Labute approximate surface area is 89.1 Å². The highest BCUT2D eigenvalue weighted by molar-refractivity contribution is 5.76. The minimum atomic E-state index is -4.84. The fourth-order valence-electron chi connectivity index (χ4n) is 1.10. The molecular weight excluding hydrogens is 223 g/mol. The molecule has 0 heterocycles. The van der Waals surface area contributed by atoms with Crippen molar-refractivity contribution in [3.63, 3.8) is 0 Å². The topological polar surface area (TPSA) is 50.1 Å². The lowest BCUT2D eigenvalue weighted by molar-refractivity contribution is -0.274. The van der Waals surface area contributed by atoms with Gasteiger partial charge in [0.1, 0.15) is 12.0 Å². The highest BCUT2D eigenvalue weighted by Gasteiger charge is 2.32. The van der Waals surface area contributed by atoms with Crippen LogP contribution in [0.25, 0.3) is 0 Å². The molecule has 0 saturated heterocycles. The normalized spacial score (nSPS) is 10.6. The molecule has 0 amide bonds. The van der Waals surface area contributed by atoms with Gasteiger partial charge in [0.2, 0.25) is 0 Å². The van der Waals surface area contributed by atoms with E-state index in [0.29, 0.717) is 6.29 Å². The summed E-state index contributed by atoms with van der Waals surface area (Å²) in [7, 11) is 0. The number of hydrogen-bond donors (Lipinski definition) is 0. The second kappa shape index (κ2) is 4.66. The van der Waals surface area contributed by atoms with Gasteiger partial charge in [-0.25, -0.2) is 0 Å². The van der Waals surface area contributed by atoms with Crippen molar-refractivity contribution in [1.29, 1.82) is 5.26 Å².